The molecular weight excluding hydrogens is 238 g/mol. The Labute approximate surface area is 105 Å². The van der Waals surface area contributed by atoms with Gasteiger partial charge in [-0.3, -0.25) is 9.69 Å². The van der Waals surface area contributed by atoms with Crippen LogP contribution < -0.4 is 5.32 Å². The quantitative estimate of drug-likeness (QED) is 0.826. The van der Waals surface area contributed by atoms with E-state index in [4.69, 9.17) is 5.11 Å². The Kier molecular flexibility index (Phi) is 5.04. The normalized spacial score (nSPS) is 12.8. The van der Waals surface area contributed by atoms with Gasteiger partial charge in [0, 0.05) is 11.4 Å². The molecule has 1 amide bonds. The largest absolute Gasteiger partial charge is 0.395 e. The molecule has 0 aromatic carbocycles. The van der Waals surface area contributed by atoms with Gasteiger partial charge in [-0.2, -0.15) is 0 Å². The van der Waals surface area contributed by atoms with Crippen LogP contribution in [0, 0.1) is 13.8 Å². The van der Waals surface area contributed by atoms with Crippen molar-refractivity contribution >= 4 is 22.4 Å². The second-order valence-corrected chi connectivity index (χ2v) is 5.23. The van der Waals surface area contributed by atoms with Gasteiger partial charge in [-0.25, -0.2) is 4.98 Å². The van der Waals surface area contributed by atoms with Gasteiger partial charge in [0.1, 0.15) is 0 Å². The second-order valence-electron chi connectivity index (χ2n) is 4.03. The fourth-order valence-electron chi connectivity index (χ4n) is 1.29. The molecule has 1 aromatic heterocycles. The van der Waals surface area contributed by atoms with E-state index in [1.807, 2.05) is 13.8 Å². The van der Waals surface area contributed by atoms with Gasteiger partial charge in [0.15, 0.2) is 5.13 Å². The summed E-state index contributed by atoms with van der Waals surface area (Å²) >= 11 is 1.47. The Morgan fingerprint density at radius 1 is 1.59 bits per heavy atom. The molecule has 0 saturated heterocycles. The molecular formula is C11H19N3O2S. The number of carbonyl (C=O) groups is 1. The van der Waals surface area contributed by atoms with Gasteiger partial charge >= 0.3 is 0 Å². The molecule has 0 fully saturated rings. The van der Waals surface area contributed by atoms with Gasteiger partial charge in [-0.05, 0) is 27.8 Å². The van der Waals surface area contributed by atoms with Crippen molar-refractivity contribution < 1.29 is 9.90 Å². The van der Waals surface area contributed by atoms with Crippen molar-refractivity contribution in [3.63, 3.8) is 0 Å². The van der Waals surface area contributed by atoms with Gasteiger partial charge in [-0.1, -0.05) is 0 Å². The number of aliphatic hydroxyl groups excluding tert-OH is 1. The fraction of sp³-hybridized carbons (Fsp3) is 0.636. The van der Waals surface area contributed by atoms with Crippen molar-refractivity contribution in [1.29, 1.82) is 0 Å². The average molecular weight is 257 g/mol. The lowest BCUT2D eigenvalue weighted by Crippen LogP contribution is -2.40. The summed E-state index contributed by atoms with van der Waals surface area (Å²) in [5.74, 6) is -0.102. The van der Waals surface area contributed by atoms with Crippen LogP contribution in [-0.4, -0.2) is 47.1 Å². The van der Waals surface area contributed by atoms with Crippen LogP contribution in [0.2, 0.25) is 0 Å². The van der Waals surface area contributed by atoms with E-state index in [1.165, 1.54) is 11.3 Å². The summed E-state index contributed by atoms with van der Waals surface area (Å²) in [6.07, 6.45) is 0. The van der Waals surface area contributed by atoms with E-state index < -0.39 is 0 Å². The highest BCUT2D eigenvalue weighted by Gasteiger charge is 2.18. The van der Waals surface area contributed by atoms with Crippen molar-refractivity contribution in [1.82, 2.24) is 9.88 Å². The number of nitrogens with zero attached hydrogens (tertiary/aromatic N) is 2. The third-order valence-electron chi connectivity index (χ3n) is 2.75. The zero-order valence-corrected chi connectivity index (χ0v) is 11.5. The Hall–Kier alpha value is -0.980. The van der Waals surface area contributed by atoms with Gasteiger partial charge in [0.2, 0.25) is 5.91 Å². The molecule has 0 radical (unpaired) electrons. The smallest absolute Gasteiger partial charge is 0.243 e. The van der Waals surface area contributed by atoms with Crippen LogP contribution in [0.1, 0.15) is 17.5 Å². The molecule has 0 bridgehead atoms. The number of thiazole rings is 1. The van der Waals surface area contributed by atoms with Gasteiger partial charge < -0.3 is 10.4 Å². The van der Waals surface area contributed by atoms with Crippen LogP contribution in [0.15, 0.2) is 0 Å². The van der Waals surface area contributed by atoms with Crippen LogP contribution in [0.5, 0.6) is 0 Å². The molecule has 1 atom stereocenters. The number of hydrogen-bond donors (Lipinski definition) is 2. The molecule has 1 unspecified atom stereocenters. The topological polar surface area (TPSA) is 65.5 Å². The molecule has 0 aliphatic rings. The molecule has 0 aliphatic carbocycles. The lowest BCUT2D eigenvalue weighted by Gasteiger charge is -2.22. The second kappa shape index (κ2) is 6.09. The minimum absolute atomic E-state index is 0.0452. The van der Waals surface area contributed by atoms with Crippen LogP contribution in [0.25, 0.3) is 0 Å². The van der Waals surface area contributed by atoms with Crippen molar-refractivity contribution in [2.24, 2.45) is 0 Å². The standard InChI is InChI=1S/C11H19N3O2S/c1-7-9(3)17-11(12-7)13-10(16)8(2)14(4)5-6-15/h8,15H,5-6H2,1-4H3,(H,12,13,16). The highest BCUT2D eigenvalue weighted by Crippen LogP contribution is 2.21. The first-order valence-corrected chi connectivity index (χ1v) is 6.33. The molecule has 2 N–H and O–H groups in total. The lowest BCUT2D eigenvalue weighted by molar-refractivity contribution is -0.120. The highest BCUT2D eigenvalue weighted by atomic mass is 32.1. The van der Waals surface area contributed by atoms with E-state index in [2.05, 4.69) is 10.3 Å². The van der Waals surface area contributed by atoms with Gasteiger partial charge in [0.25, 0.3) is 0 Å². The predicted molar refractivity (Wildman–Crippen MR) is 69.4 cm³/mol. The Bertz CT molecular complexity index is 373. The Balaban J connectivity index is 2.59. The molecule has 5 nitrogen and oxygen atoms in total. The third-order valence-corrected chi connectivity index (χ3v) is 3.74. The summed E-state index contributed by atoms with van der Waals surface area (Å²) in [6.45, 7) is 6.22. The molecule has 0 saturated carbocycles. The summed E-state index contributed by atoms with van der Waals surface area (Å²) in [5.41, 5.74) is 0.946. The number of aryl methyl sites for hydroxylation is 2. The highest BCUT2D eigenvalue weighted by molar-refractivity contribution is 7.15. The van der Waals surface area contributed by atoms with E-state index in [-0.39, 0.29) is 18.6 Å². The van der Waals surface area contributed by atoms with Crippen LogP contribution in [0.3, 0.4) is 0 Å². The molecule has 96 valence electrons. The van der Waals surface area contributed by atoms with E-state index >= 15 is 0 Å². The van der Waals surface area contributed by atoms with Gasteiger partial charge in [-0.15, -0.1) is 11.3 Å². The molecule has 1 aromatic rings. The van der Waals surface area contributed by atoms with Crippen LogP contribution >= 0.6 is 11.3 Å². The van der Waals surface area contributed by atoms with Crippen molar-refractivity contribution in [3.05, 3.63) is 10.6 Å². The van der Waals surface area contributed by atoms with Gasteiger partial charge in [0.05, 0.1) is 18.3 Å². The third kappa shape index (κ3) is 3.76. The number of amides is 1. The van der Waals surface area contributed by atoms with Crippen molar-refractivity contribution in [3.8, 4) is 0 Å². The zero-order valence-electron chi connectivity index (χ0n) is 10.6. The fourth-order valence-corrected chi connectivity index (χ4v) is 2.11. The minimum Gasteiger partial charge on any atom is -0.395 e. The number of rotatable bonds is 5. The summed E-state index contributed by atoms with van der Waals surface area (Å²) in [5, 5.41) is 12.2. The predicted octanol–water partition coefficient (Wildman–Crippen LogP) is 1.01. The summed E-state index contributed by atoms with van der Waals surface area (Å²) in [4.78, 5) is 19.0. The van der Waals surface area contributed by atoms with Crippen LogP contribution in [-0.2, 0) is 4.79 Å². The first kappa shape index (κ1) is 14.1. The Morgan fingerprint density at radius 2 is 2.24 bits per heavy atom. The summed E-state index contributed by atoms with van der Waals surface area (Å²) in [6, 6.07) is -0.285. The van der Waals surface area contributed by atoms with E-state index in [0.29, 0.717) is 11.7 Å². The molecule has 0 spiro atoms. The number of aromatic nitrogens is 1. The molecule has 1 rings (SSSR count). The maximum Gasteiger partial charge on any atom is 0.243 e. The number of anilines is 1. The number of nitrogens with one attached hydrogen (secondary N) is 1. The first-order valence-electron chi connectivity index (χ1n) is 5.51. The maximum atomic E-state index is 11.9. The monoisotopic (exact) mass is 257 g/mol. The molecule has 17 heavy (non-hydrogen) atoms. The number of aliphatic hydroxyl groups is 1. The van der Waals surface area contributed by atoms with E-state index in [1.54, 1.807) is 18.9 Å². The van der Waals surface area contributed by atoms with Crippen LogP contribution in [0.4, 0.5) is 5.13 Å². The maximum absolute atomic E-state index is 11.9. The molecule has 1 heterocycles. The molecule has 6 heteroatoms. The number of carbonyl (C=O) groups excluding carboxylic acids is 1. The summed E-state index contributed by atoms with van der Waals surface area (Å²) in [7, 11) is 1.80. The first-order chi connectivity index (χ1) is 7.95. The Morgan fingerprint density at radius 3 is 2.71 bits per heavy atom. The van der Waals surface area contributed by atoms with Crippen molar-refractivity contribution in [2.75, 3.05) is 25.5 Å². The summed E-state index contributed by atoms with van der Waals surface area (Å²) < 4.78 is 0. The zero-order chi connectivity index (χ0) is 13.0. The van der Waals surface area contributed by atoms with E-state index in [0.717, 1.165) is 10.6 Å². The number of hydrogen-bond acceptors (Lipinski definition) is 5. The number of likely N-dealkylation sites (N-methyl/N-ethyl adjacent to an activating group) is 1. The van der Waals surface area contributed by atoms with Crippen molar-refractivity contribution in [2.45, 2.75) is 26.8 Å². The van der Waals surface area contributed by atoms with E-state index in [9.17, 15) is 4.79 Å². The SMILES string of the molecule is Cc1nc(NC(=O)C(C)N(C)CCO)sc1C. The average Bonchev–Trinajstić information content (AvgIpc) is 2.57. The molecule has 0 aliphatic heterocycles. The lowest BCUT2D eigenvalue weighted by atomic mass is 10.3. The minimum atomic E-state index is -0.285.